The van der Waals surface area contributed by atoms with Gasteiger partial charge in [0.1, 0.15) is 5.75 Å². The van der Waals surface area contributed by atoms with E-state index in [-0.39, 0.29) is 5.91 Å². The van der Waals surface area contributed by atoms with Gasteiger partial charge in [-0.25, -0.2) is 0 Å². The maximum absolute atomic E-state index is 11.4. The molecule has 0 bridgehead atoms. The number of hydrogen-bond donors (Lipinski definition) is 2. The molecule has 0 spiro atoms. The van der Waals surface area contributed by atoms with Crippen molar-refractivity contribution in [2.24, 2.45) is 0 Å². The fraction of sp³-hybridized carbons (Fsp3) is 0.500. The molecule has 4 heteroatoms. The predicted molar refractivity (Wildman–Crippen MR) is 68.4 cm³/mol. The van der Waals surface area contributed by atoms with E-state index in [1.165, 1.54) is 0 Å². The molecule has 2 rings (SSSR count). The van der Waals surface area contributed by atoms with Gasteiger partial charge < -0.3 is 15.2 Å². The number of ether oxygens (including phenoxy) is 1. The predicted octanol–water partition coefficient (Wildman–Crippen LogP) is 1.79. The van der Waals surface area contributed by atoms with Crippen LogP contribution in [0.4, 0.5) is 0 Å². The SMILES string of the molecule is C[C@H](O)c1ccc(OCCC(=O)NC2CC2)cc1. The first-order valence-electron chi connectivity index (χ1n) is 6.35. The number of benzene rings is 1. The quantitative estimate of drug-likeness (QED) is 0.808. The summed E-state index contributed by atoms with van der Waals surface area (Å²) in [5, 5.41) is 12.3. The van der Waals surface area contributed by atoms with E-state index >= 15 is 0 Å². The average molecular weight is 249 g/mol. The molecule has 18 heavy (non-hydrogen) atoms. The zero-order chi connectivity index (χ0) is 13.0. The van der Waals surface area contributed by atoms with Crippen molar-refractivity contribution in [1.29, 1.82) is 0 Å². The molecule has 0 saturated heterocycles. The van der Waals surface area contributed by atoms with Crippen LogP contribution in [0.1, 0.15) is 37.9 Å². The molecule has 98 valence electrons. The van der Waals surface area contributed by atoms with Gasteiger partial charge in [-0.3, -0.25) is 4.79 Å². The second-order valence-corrected chi connectivity index (χ2v) is 4.69. The molecule has 2 N–H and O–H groups in total. The highest BCUT2D eigenvalue weighted by Gasteiger charge is 2.22. The number of aliphatic hydroxyl groups excluding tert-OH is 1. The summed E-state index contributed by atoms with van der Waals surface area (Å²) >= 11 is 0. The van der Waals surface area contributed by atoms with E-state index in [1.54, 1.807) is 19.1 Å². The van der Waals surface area contributed by atoms with E-state index in [9.17, 15) is 9.90 Å². The molecule has 0 unspecified atom stereocenters. The fourth-order valence-corrected chi connectivity index (χ4v) is 1.63. The van der Waals surface area contributed by atoms with E-state index in [1.807, 2.05) is 12.1 Å². The minimum Gasteiger partial charge on any atom is -0.493 e. The van der Waals surface area contributed by atoms with E-state index in [2.05, 4.69) is 5.32 Å². The zero-order valence-corrected chi connectivity index (χ0v) is 10.6. The highest BCUT2D eigenvalue weighted by atomic mass is 16.5. The maximum atomic E-state index is 11.4. The molecule has 1 fully saturated rings. The maximum Gasteiger partial charge on any atom is 0.223 e. The van der Waals surface area contributed by atoms with Gasteiger partial charge >= 0.3 is 0 Å². The van der Waals surface area contributed by atoms with Gasteiger partial charge in [0, 0.05) is 6.04 Å². The Morgan fingerprint density at radius 2 is 2.11 bits per heavy atom. The standard InChI is InChI=1S/C14H19NO3/c1-10(16)11-2-6-13(7-3-11)18-9-8-14(17)15-12-4-5-12/h2-3,6-7,10,12,16H,4-5,8-9H2,1H3,(H,15,17)/t10-/m0/s1. The Morgan fingerprint density at radius 3 is 2.67 bits per heavy atom. The minimum absolute atomic E-state index is 0.0538. The molecule has 1 atom stereocenters. The normalized spacial score (nSPS) is 16.1. The van der Waals surface area contributed by atoms with Crippen LogP contribution in [0.3, 0.4) is 0 Å². The lowest BCUT2D eigenvalue weighted by atomic mass is 10.1. The molecule has 0 aromatic heterocycles. The number of rotatable bonds is 6. The van der Waals surface area contributed by atoms with Crippen molar-refractivity contribution >= 4 is 5.91 Å². The van der Waals surface area contributed by atoms with Gasteiger partial charge in [-0.05, 0) is 37.5 Å². The first-order chi connectivity index (χ1) is 8.65. The van der Waals surface area contributed by atoms with E-state index in [0.29, 0.717) is 19.1 Å². The number of amides is 1. The molecular formula is C14H19NO3. The summed E-state index contributed by atoms with van der Waals surface area (Å²) in [4.78, 5) is 11.4. The van der Waals surface area contributed by atoms with Crippen molar-refractivity contribution in [3.8, 4) is 5.75 Å². The lowest BCUT2D eigenvalue weighted by molar-refractivity contribution is -0.121. The highest BCUT2D eigenvalue weighted by Crippen LogP contribution is 2.19. The summed E-state index contributed by atoms with van der Waals surface area (Å²) in [5.41, 5.74) is 0.855. The number of carbonyl (C=O) groups is 1. The van der Waals surface area contributed by atoms with Crippen LogP contribution in [-0.4, -0.2) is 23.7 Å². The van der Waals surface area contributed by atoms with Gasteiger partial charge in [0.15, 0.2) is 0 Å². The molecular weight excluding hydrogens is 230 g/mol. The number of aliphatic hydroxyl groups is 1. The summed E-state index contributed by atoms with van der Waals surface area (Å²) in [6.45, 7) is 2.10. The lowest BCUT2D eigenvalue weighted by Crippen LogP contribution is -2.26. The lowest BCUT2D eigenvalue weighted by Gasteiger charge is -2.08. The number of nitrogens with one attached hydrogen (secondary N) is 1. The Kier molecular flexibility index (Phi) is 4.20. The van der Waals surface area contributed by atoms with Crippen molar-refractivity contribution in [2.75, 3.05) is 6.61 Å². The van der Waals surface area contributed by atoms with Crippen LogP contribution in [0.15, 0.2) is 24.3 Å². The molecule has 1 aliphatic carbocycles. The van der Waals surface area contributed by atoms with Crippen LogP contribution in [0.25, 0.3) is 0 Å². The van der Waals surface area contributed by atoms with Crippen LogP contribution in [0, 0.1) is 0 Å². The van der Waals surface area contributed by atoms with Crippen molar-refractivity contribution in [3.63, 3.8) is 0 Å². The topological polar surface area (TPSA) is 58.6 Å². The molecule has 0 radical (unpaired) electrons. The van der Waals surface area contributed by atoms with Crippen LogP contribution in [0.2, 0.25) is 0 Å². The first kappa shape index (κ1) is 12.9. The van der Waals surface area contributed by atoms with Crippen molar-refractivity contribution in [3.05, 3.63) is 29.8 Å². The molecule has 1 aromatic carbocycles. The number of carbonyl (C=O) groups excluding carboxylic acids is 1. The first-order valence-corrected chi connectivity index (χ1v) is 6.35. The van der Waals surface area contributed by atoms with E-state index in [0.717, 1.165) is 24.2 Å². The smallest absolute Gasteiger partial charge is 0.223 e. The largest absolute Gasteiger partial charge is 0.493 e. The number of hydrogen-bond acceptors (Lipinski definition) is 3. The van der Waals surface area contributed by atoms with Gasteiger partial charge in [-0.15, -0.1) is 0 Å². The monoisotopic (exact) mass is 249 g/mol. The Labute approximate surface area is 107 Å². The molecule has 0 aliphatic heterocycles. The van der Waals surface area contributed by atoms with Crippen LogP contribution in [0.5, 0.6) is 5.75 Å². The Morgan fingerprint density at radius 1 is 1.44 bits per heavy atom. The Hall–Kier alpha value is -1.55. The summed E-state index contributed by atoms with van der Waals surface area (Å²) in [7, 11) is 0. The Bertz CT molecular complexity index is 396. The zero-order valence-electron chi connectivity index (χ0n) is 10.6. The summed E-state index contributed by atoms with van der Waals surface area (Å²) in [5.74, 6) is 0.775. The van der Waals surface area contributed by atoms with E-state index in [4.69, 9.17) is 4.74 Å². The minimum atomic E-state index is -0.469. The fourth-order valence-electron chi connectivity index (χ4n) is 1.63. The molecule has 1 amide bonds. The molecule has 1 aromatic rings. The van der Waals surface area contributed by atoms with E-state index < -0.39 is 6.10 Å². The molecule has 1 aliphatic rings. The van der Waals surface area contributed by atoms with Crippen LogP contribution < -0.4 is 10.1 Å². The van der Waals surface area contributed by atoms with Crippen molar-refractivity contribution in [1.82, 2.24) is 5.32 Å². The summed E-state index contributed by atoms with van der Waals surface area (Å²) < 4.78 is 5.47. The summed E-state index contributed by atoms with van der Waals surface area (Å²) in [6, 6.07) is 7.67. The second-order valence-electron chi connectivity index (χ2n) is 4.69. The van der Waals surface area contributed by atoms with Gasteiger partial charge in [0.25, 0.3) is 0 Å². The highest BCUT2D eigenvalue weighted by molar-refractivity contribution is 5.76. The Balaban J connectivity index is 1.70. The van der Waals surface area contributed by atoms with Gasteiger partial charge in [0.05, 0.1) is 19.1 Å². The molecule has 4 nitrogen and oxygen atoms in total. The summed E-state index contributed by atoms with van der Waals surface area (Å²) in [6.07, 6.45) is 2.12. The van der Waals surface area contributed by atoms with Gasteiger partial charge in [-0.1, -0.05) is 12.1 Å². The van der Waals surface area contributed by atoms with Crippen molar-refractivity contribution in [2.45, 2.75) is 38.3 Å². The molecule has 1 saturated carbocycles. The molecule has 0 heterocycles. The van der Waals surface area contributed by atoms with Crippen LogP contribution in [-0.2, 0) is 4.79 Å². The van der Waals surface area contributed by atoms with Gasteiger partial charge in [0.2, 0.25) is 5.91 Å². The van der Waals surface area contributed by atoms with Gasteiger partial charge in [-0.2, -0.15) is 0 Å². The average Bonchev–Trinajstić information content (AvgIpc) is 3.13. The second kappa shape index (κ2) is 5.87. The third kappa shape index (κ3) is 4.04. The van der Waals surface area contributed by atoms with Crippen LogP contribution >= 0.6 is 0 Å². The van der Waals surface area contributed by atoms with Crippen molar-refractivity contribution < 1.29 is 14.6 Å². The third-order valence-electron chi connectivity index (χ3n) is 2.90. The third-order valence-corrected chi connectivity index (χ3v) is 2.90.